The Bertz CT molecular complexity index is 1070. The molecule has 0 radical (unpaired) electrons. The fraction of sp³-hybridized carbons (Fsp3) is 0.0500. The molecule has 1 heterocycles. The predicted molar refractivity (Wildman–Crippen MR) is 99.1 cm³/mol. The van der Waals surface area contributed by atoms with Crippen molar-refractivity contribution >= 4 is 26.7 Å². The Balaban J connectivity index is 2.06. The highest BCUT2D eigenvalue weighted by Gasteiger charge is 2.32. The Morgan fingerprint density at radius 2 is 1.80 bits per heavy atom. The SMILES string of the molecule is N#CC1=C(N)Oc2ccc3ccc(O)cc3c2[C@H]1c1ccc(Br)cc1. The Labute approximate surface area is 152 Å². The molecule has 0 saturated heterocycles. The molecule has 0 amide bonds. The van der Waals surface area contributed by atoms with Gasteiger partial charge in [-0.05, 0) is 46.7 Å². The number of rotatable bonds is 1. The van der Waals surface area contributed by atoms with Gasteiger partial charge in [0.25, 0.3) is 0 Å². The van der Waals surface area contributed by atoms with E-state index in [0.29, 0.717) is 11.3 Å². The highest BCUT2D eigenvalue weighted by Crippen LogP contribution is 2.46. The van der Waals surface area contributed by atoms with Crippen LogP contribution < -0.4 is 10.5 Å². The van der Waals surface area contributed by atoms with Crippen LogP contribution in [0, 0.1) is 11.3 Å². The van der Waals surface area contributed by atoms with E-state index in [9.17, 15) is 10.4 Å². The zero-order chi connectivity index (χ0) is 17.6. The van der Waals surface area contributed by atoms with Gasteiger partial charge in [-0.3, -0.25) is 0 Å². The van der Waals surface area contributed by atoms with Crippen molar-refractivity contribution in [2.24, 2.45) is 5.73 Å². The molecule has 1 atom stereocenters. The Hall–Kier alpha value is -2.97. The fourth-order valence-corrected chi connectivity index (χ4v) is 3.53. The molecule has 4 nitrogen and oxygen atoms in total. The smallest absolute Gasteiger partial charge is 0.205 e. The lowest BCUT2D eigenvalue weighted by atomic mass is 9.81. The number of nitriles is 1. The first-order chi connectivity index (χ1) is 12.1. The first-order valence-electron chi connectivity index (χ1n) is 7.67. The Kier molecular flexibility index (Phi) is 3.63. The number of hydrogen-bond acceptors (Lipinski definition) is 4. The molecule has 0 fully saturated rings. The van der Waals surface area contributed by atoms with Gasteiger partial charge in [0.15, 0.2) is 0 Å². The number of benzene rings is 3. The summed E-state index contributed by atoms with van der Waals surface area (Å²) in [6.45, 7) is 0. The summed E-state index contributed by atoms with van der Waals surface area (Å²) < 4.78 is 6.66. The number of aromatic hydroxyl groups is 1. The first kappa shape index (κ1) is 15.6. The minimum Gasteiger partial charge on any atom is -0.508 e. The fourth-order valence-electron chi connectivity index (χ4n) is 3.27. The van der Waals surface area contributed by atoms with Crippen LogP contribution in [-0.2, 0) is 0 Å². The monoisotopic (exact) mass is 392 g/mol. The van der Waals surface area contributed by atoms with Crippen molar-refractivity contribution in [2.45, 2.75) is 5.92 Å². The zero-order valence-corrected chi connectivity index (χ0v) is 14.6. The quantitative estimate of drug-likeness (QED) is 0.637. The van der Waals surface area contributed by atoms with Gasteiger partial charge in [-0.25, -0.2) is 0 Å². The van der Waals surface area contributed by atoms with Crippen LogP contribution in [0.5, 0.6) is 11.5 Å². The second-order valence-corrected chi connectivity index (χ2v) is 6.77. The molecular formula is C20H13BrN2O2. The largest absolute Gasteiger partial charge is 0.508 e. The van der Waals surface area contributed by atoms with Crippen molar-refractivity contribution < 1.29 is 9.84 Å². The topological polar surface area (TPSA) is 79.3 Å². The molecule has 122 valence electrons. The van der Waals surface area contributed by atoms with Gasteiger partial charge in [-0.15, -0.1) is 0 Å². The van der Waals surface area contributed by atoms with Crippen molar-refractivity contribution in [2.75, 3.05) is 0 Å². The second kappa shape index (κ2) is 5.83. The van der Waals surface area contributed by atoms with Gasteiger partial charge >= 0.3 is 0 Å². The molecule has 1 aliphatic heterocycles. The highest BCUT2D eigenvalue weighted by molar-refractivity contribution is 9.10. The van der Waals surface area contributed by atoms with E-state index in [1.807, 2.05) is 42.5 Å². The molecule has 1 aliphatic rings. The van der Waals surface area contributed by atoms with Crippen LogP contribution in [0.25, 0.3) is 10.8 Å². The number of allylic oxidation sites excluding steroid dienone is 1. The maximum Gasteiger partial charge on any atom is 0.205 e. The second-order valence-electron chi connectivity index (χ2n) is 5.86. The number of phenolic OH excluding ortho intramolecular Hbond substituents is 1. The van der Waals surface area contributed by atoms with E-state index in [1.165, 1.54) is 0 Å². The zero-order valence-electron chi connectivity index (χ0n) is 13.0. The van der Waals surface area contributed by atoms with Gasteiger partial charge in [-0.2, -0.15) is 5.26 Å². The maximum atomic E-state index is 9.95. The highest BCUT2D eigenvalue weighted by atomic mass is 79.9. The third-order valence-electron chi connectivity index (χ3n) is 4.39. The summed E-state index contributed by atoms with van der Waals surface area (Å²) in [6, 6.07) is 18.9. The van der Waals surface area contributed by atoms with E-state index in [4.69, 9.17) is 10.5 Å². The number of nitrogens with two attached hydrogens (primary N) is 1. The Morgan fingerprint density at radius 1 is 1.08 bits per heavy atom. The predicted octanol–water partition coefficient (Wildman–Crippen LogP) is 4.53. The van der Waals surface area contributed by atoms with Gasteiger partial charge in [0.05, 0.1) is 5.92 Å². The summed E-state index contributed by atoms with van der Waals surface area (Å²) in [5.41, 5.74) is 8.15. The van der Waals surface area contributed by atoms with E-state index in [0.717, 1.165) is 26.4 Å². The first-order valence-corrected chi connectivity index (χ1v) is 8.46. The van der Waals surface area contributed by atoms with Crippen molar-refractivity contribution in [1.29, 1.82) is 5.26 Å². The van der Waals surface area contributed by atoms with Gasteiger partial charge in [-0.1, -0.05) is 40.2 Å². The van der Waals surface area contributed by atoms with Crippen LogP contribution in [0.3, 0.4) is 0 Å². The van der Waals surface area contributed by atoms with E-state index >= 15 is 0 Å². The molecule has 0 aromatic heterocycles. The van der Waals surface area contributed by atoms with E-state index in [2.05, 4.69) is 22.0 Å². The molecule has 3 aromatic carbocycles. The minimum absolute atomic E-state index is 0.113. The molecular weight excluding hydrogens is 380 g/mol. The number of ether oxygens (including phenoxy) is 1. The van der Waals surface area contributed by atoms with Crippen LogP contribution in [-0.4, -0.2) is 5.11 Å². The van der Waals surface area contributed by atoms with Crippen LogP contribution >= 0.6 is 15.9 Å². The number of halogens is 1. The number of hydrogen-bond donors (Lipinski definition) is 2. The molecule has 3 aromatic rings. The van der Waals surface area contributed by atoms with E-state index in [1.54, 1.807) is 12.1 Å². The van der Waals surface area contributed by atoms with Gasteiger partial charge in [0.2, 0.25) is 5.88 Å². The lowest BCUT2D eigenvalue weighted by Gasteiger charge is -2.28. The van der Waals surface area contributed by atoms with Gasteiger partial charge < -0.3 is 15.6 Å². The van der Waals surface area contributed by atoms with Crippen molar-refractivity contribution in [3.05, 3.63) is 81.7 Å². The number of phenols is 1. The van der Waals surface area contributed by atoms with E-state index < -0.39 is 0 Å². The molecule has 0 unspecified atom stereocenters. The lowest BCUT2D eigenvalue weighted by Crippen LogP contribution is -2.21. The average Bonchev–Trinajstić information content (AvgIpc) is 2.61. The Morgan fingerprint density at radius 3 is 2.52 bits per heavy atom. The van der Waals surface area contributed by atoms with Crippen molar-refractivity contribution in [3.63, 3.8) is 0 Å². The molecule has 25 heavy (non-hydrogen) atoms. The summed E-state index contributed by atoms with van der Waals surface area (Å²) in [5, 5.41) is 21.4. The van der Waals surface area contributed by atoms with Gasteiger partial charge in [0, 0.05) is 10.0 Å². The van der Waals surface area contributed by atoms with Crippen LogP contribution in [0.4, 0.5) is 0 Å². The van der Waals surface area contributed by atoms with E-state index in [-0.39, 0.29) is 17.6 Å². The molecule has 3 N–H and O–H groups in total. The lowest BCUT2D eigenvalue weighted by molar-refractivity contribution is 0.395. The summed E-state index contributed by atoms with van der Waals surface area (Å²) in [6.07, 6.45) is 0. The number of fused-ring (bicyclic) bond motifs is 3. The van der Waals surface area contributed by atoms with Gasteiger partial charge in [0.1, 0.15) is 23.1 Å². The molecule has 5 heteroatoms. The summed E-state index contributed by atoms with van der Waals surface area (Å²) in [7, 11) is 0. The minimum atomic E-state index is -0.354. The van der Waals surface area contributed by atoms with Crippen molar-refractivity contribution in [3.8, 4) is 17.6 Å². The van der Waals surface area contributed by atoms with Crippen LogP contribution in [0.15, 0.2) is 70.5 Å². The molecule has 0 bridgehead atoms. The third-order valence-corrected chi connectivity index (χ3v) is 4.92. The average molecular weight is 393 g/mol. The number of nitrogens with zero attached hydrogens (tertiary/aromatic N) is 1. The molecule has 0 aliphatic carbocycles. The molecule has 0 saturated carbocycles. The maximum absolute atomic E-state index is 9.95. The summed E-state index contributed by atoms with van der Waals surface area (Å²) in [5.74, 6) is 0.522. The van der Waals surface area contributed by atoms with Crippen LogP contribution in [0.1, 0.15) is 17.0 Å². The summed E-state index contributed by atoms with van der Waals surface area (Å²) >= 11 is 3.44. The van der Waals surface area contributed by atoms with Crippen LogP contribution in [0.2, 0.25) is 0 Å². The van der Waals surface area contributed by atoms with Crippen molar-refractivity contribution in [1.82, 2.24) is 0 Å². The third kappa shape index (κ3) is 2.51. The molecule has 4 rings (SSSR count). The normalized spacial score (nSPS) is 16.2. The molecule has 0 spiro atoms. The standard InChI is InChI=1S/C20H13BrN2O2/c21-13-5-1-12(2-6-13)18-16(10-22)20(23)25-17-8-4-11-3-7-14(24)9-15(11)19(17)18/h1-9,18,24H,23H2/t18-/m0/s1. The summed E-state index contributed by atoms with van der Waals surface area (Å²) in [4.78, 5) is 0.